The number of halogens is 2. The maximum atomic E-state index is 10.7. The van der Waals surface area contributed by atoms with Gasteiger partial charge >= 0.3 is 5.97 Å². The Morgan fingerprint density at radius 2 is 2.36 bits per heavy atom. The number of ether oxygens (including phenoxy) is 1. The fourth-order valence-electron chi connectivity index (χ4n) is 1.42. The van der Waals surface area contributed by atoms with Crippen molar-refractivity contribution < 1.29 is 14.6 Å². The van der Waals surface area contributed by atoms with Crippen molar-refractivity contribution in [3.63, 3.8) is 0 Å². The number of carboxylic acid groups (broad SMARTS) is 1. The number of carbonyl (C=O) groups is 1. The zero-order chi connectivity index (χ0) is 10.3. The molecule has 0 aromatic heterocycles. The van der Waals surface area contributed by atoms with Crippen LogP contribution in [0.5, 0.6) is 5.75 Å². The Morgan fingerprint density at radius 3 is 3.00 bits per heavy atom. The summed E-state index contributed by atoms with van der Waals surface area (Å²) >= 11 is 9.10. The van der Waals surface area contributed by atoms with Gasteiger partial charge in [-0.15, -0.1) is 0 Å². The van der Waals surface area contributed by atoms with Crippen molar-refractivity contribution in [2.75, 3.05) is 0 Å². The first-order valence-corrected chi connectivity index (χ1v) is 5.12. The highest BCUT2D eigenvalue weighted by molar-refractivity contribution is 9.10. The van der Waals surface area contributed by atoms with Crippen LogP contribution in [0.15, 0.2) is 16.6 Å². The Balaban J connectivity index is 2.39. The van der Waals surface area contributed by atoms with E-state index in [1.165, 1.54) is 0 Å². The minimum Gasteiger partial charge on any atom is -0.478 e. The quantitative estimate of drug-likeness (QED) is 0.858. The Hall–Kier alpha value is -0.740. The molecule has 0 bridgehead atoms. The van der Waals surface area contributed by atoms with Crippen LogP contribution in [0, 0.1) is 0 Å². The molecule has 0 saturated carbocycles. The van der Waals surface area contributed by atoms with E-state index in [9.17, 15) is 4.79 Å². The summed E-state index contributed by atoms with van der Waals surface area (Å²) in [6.45, 7) is 0. The predicted octanol–water partition coefficient (Wildman–Crippen LogP) is 2.49. The van der Waals surface area contributed by atoms with Crippen molar-refractivity contribution in [3.8, 4) is 5.75 Å². The number of aliphatic carboxylic acids is 1. The zero-order valence-electron chi connectivity index (χ0n) is 6.96. The van der Waals surface area contributed by atoms with Crippen LogP contribution in [0.4, 0.5) is 0 Å². The highest BCUT2D eigenvalue weighted by Crippen LogP contribution is 2.38. The third-order valence-electron chi connectivity index (χ3n) is 2.03. The van der Waals surface area contributed by atoms with Gasteiger partial charge in [0.25, 0.3) is 0 Å². The van der Waals surface area contributed by atoms with Crippen LogP contribution >= 0.6 is 27.5 Å². The predicted molar refractivity (Wildman–Crippen MR) is 54.9 cm³/mol. The molecule has 5 heteroatoms. The van der Waals surface area contributed by atoms with Crippen LogP contribution in [0.25, 0.3) is 0 Å². The van der Waals surface area contributed by atoms with Gasteiger partial charge in [0.2, 0.25) is 0 Å². The van der Waals surface area contributed by atoms with E-state index >= 15 is 0 Å². The molecular formula is C9H6BrClO3. The van der Waals surface area contributed by atoms with Gasteiger partial charge in [-0.1, -0.05) is 11.6 Å². The zero-order valence-corrected chi connectivity index (χ0v) is 9.30. The third kappa shape index (κ3) is 1.60. The first kappa shape index (κ1) is 9.80. The molecule has 0 spiro atoms. The Bertz CT molecular complexity index is 405. The standard InChI is InChI=1S/C9H6BrClO3/c10-6-3-5(11)1-4-2-7(9(12)13)14-8(4)6/h1,3,7H,2H2,(H,12,13). The van der Waals surface area contributed by atoms with Gasteiger partial charge in [-0.2, -0.15) is 0 Å². The molecule has 0 amide bonds. The molecule has 1 heterocycles. The van der Waals surface area contributed by atoms with Crippen molar-refractivity contribution in [2.24, 2.45) is 0 Å². The molecule has 1 atom stereocenters. The molecule has 14 heavy (non-hydrogen) atoms. The number of carboxylic acids is 1. The highest BCUT2D eigenvalue weighted by atomic mass is 79.9. The number of rotatable bonds is 1. The van der Waals surface area contributed by atoms with E-state index < -0.39 is 12.1 Å². The minimum absolute atomic E-state index is 0.365. The lowest BCUT2D eigenvalue weighted by Gasteiger charge is -2.05. The van der Waals surface area contributed by atoms with Crippen LogP contribution in [0.1, 0.15) is 5.56 Å². The topological polar surface area (TPSA) is 46.5 Å². The van der Waals surface area contributed by atoms with Gasteiger partial charge in [0.1, 0.15) is 5.75 Å². The van der Waals surface area contributed by atoms with Crippen molar-refractivity contribution in [1.29, 1.82) is 0 Å². The molecule has 0 fully saturated rings. The van der Waals surface area contributed by atoms with E-state index in [4.69, 9.17) is 21.4 Å². The summed E-state index contributed by atoms with van der Waals surface area (Å²) in [5, 5.41) is 9.35. The summed E-state index contributed by atoms with van der Waals surface area (Å²) in [6.07, 6.45) is -0.427. The molecule has 0 saturated heterocycles. The lowest BCUT2D eigenvalue weighted by Crippen LogP contribution is -2.24. The summed E-state index contributed by atoms with van der Waals surface area (Å²) < 4.78 is 5.95. The van der Waals surface area contributed by atoms with E-state index in [0.717, 1.165) is 5.56 Å². The van der Waals surface area contributed by atoms with Crippen molar-refractivity contribution >= 4 is 33.5 Å². The van der Waals surface area contributed by atoms with Gasteiger partial charge in [-0.25, -0.2) is 4.79 Å². The number of fused-ring (bicyclic) bond motifs is 1. The average Bonchev–Trinajstić information content (AvgIpc) is 2.47. The molecule has 0 aliphatic carbocycles. The summed E-state index contributed by atoms with van der Waals surface area (Å²) in [5.41, 5.74) is 0.830. The second-order valence-corrected chi connectivity index (χ2v) is 4.32. The third-order valence-corrected chi connectivity index (χ3v) is 2.83. The average molecular weight is 278 g/mol. The van der Waals surface area contributed by atoms with Crippen molar-refractivity contribution in [3.05, 3.63) is 27.2 Å². The fraction of sp³-hybridized carbons (Fsp3) is 0.222. The first-order chi connectivity index (χ1) is 6.58. The second-order valence-electron chi connectivity index (χ2n) is 3.02. The lowest BCUT2D eigenvalue weighted by molar-refractivity contribution is -0.144. The molecule has 1 unspecified atom stereocenters. The Labute approximate surface area is 93.8 Å². The molecule has 1 aromatic carbocycles. The van der Waals surface area contributed by atoms with E-state index in [2.05, 4.69) is 15.9 Å². The Morgan fingerprint density at radius 1 is 1.64 bits per heavy atom. The van der Waals surface area contributed by atoms with Gasteiger partial charge in [0.05, 0.1) is 4.47 Å². The Kier molecular flexibility index (Phi) is 2.41. The summed E-state index contributed by atoms with van der Waals surface area (Å²) in [5.74, 6) is -0.369. The molecule has 1 N–H and O–H groups in total. The van der Waals surface area contributed by atoms with Gasteiger partial charge < -0.3 is 9.84 Å². The monoisotopic (exact) mass is 276 g/mol. The number of hydrogen-bond donors (Lipinski definition) is 1. The van der Waals surface area contributed by atoms with Crippen LogP contribution < -0.4 is 4.74 Å². The maximum absolute atomic E-state index is 10.7. The maximum Gasteiger partial charge on any atom is 0.345 e. The SMILES string of the molecule is O=C(O)C1Cc2cc(Cl)cc(Br)c2O1. The molecule has 0 radical (unpaired) electrons. The smallest absolute Gasteiger partial charge is 0.345 e. The molecular weight excluding hydrogens is 271 g/mol. The molecule has 74 valence electrons. The molecule has 1 aliphatic rings. The van der Waals surface area contributed by atoms with Gasteiger partial charge in [-0.05, 0) is 28.1 Å². The van der Waals surface area contributed by atoms with E-state index in [1.807, 2.05) is 0 Å². The van der Waals surface area contributed by atoms with E-state index in [0.29, 0.717) is 21.7 Å². The van der Waals surface area contributed by atoms with Gasteiger partial charge in [0.15, 0.2) is 6.10 Å². The van der Waals surface area contributed by atoms with Crippen molar-refractivity contribution in [1.82, 2.24) is 0 Å². The second kappa shape index (κ2) is 3.44. The van der Waals surface area contributed by atoms with Crippen LogP contribution in [-0.2, 0) is 11.2 Å². The molecule has 3 nitrogen and oxygen atoms in total. The van der Waals surface area contributed by atoms with E-state index in [-0.39, 0.29) is 0 Å². The molecule has 2 rings (SSSR count). The van der Waals surface area contributed by atoms with E-state index in [1.54, 1.807) is 12.1 Å². The first-order valence-electron chi connectivity index (χ1n) is 3.95. The summed E-state index contributed by atoms with van der Waals surface area (Å²) in [6, 6.07) is 3.41. The summed E-state index contributed by atoms with van der Waals surface area (Å²) in [4.78, 5) is 10.7. The number of hydrogen-bond acceptors (Lipinski definition) is 2. The lowest BCUT2D eigenvalue weighted by atomic mass is 10.1. The fourth-order valence-corrected chi connectivity index (χ4v) is 2.39. The highest BCUT2D eigenvalue weighted by Gasteiger charge is 2.30. The van der Waals surface area contributed by atoms with Gasteiger partial charge in [0, 0.05) is 17.0 Å². The minimum atomic E-state index is -0.954. The summed E-state index contributed by atoms with van der Waals surface area (Å²) in [7, 11) is 0. The largest absolute Gasteiger partial charge is 0.478 e. The van der Waals surface area contributed by atoms with Crippen molar-refractivity contribution in [2.45, 2.75) is 12.5 Å². The van der Waals surface area contributed by atoms with Crippen LogP contribution in [0.2, 0.25) is 5.02 Å². The van der Waals surface area contributed by atoms with Crippen LogP contribution in [0.3, 0.4) is 0 Å². The van der Waals surface area contributed by atoms with Crippen LogP contribution in [-0.4, -0.2) is 17.2 Å². The van der Waals surface area contributed by atoms with Gasteiger partial charge in [-0.3, -0.25) is 0 Å². The normalized spacial score (nSPS) is 18.9. The molecule has 1 aromatic rings. The number of benzene rings is 1. The molecule has 1 aliphatic heterocycles.